The molecule has 148 valence electrons. The highest BCUT2D eigenvalue weighted by Gasteiger charge is 2.33. The normalized spacial score (nSPS) is 20.1. The third-order valence-electron chi connectivity index (χ3n) is 4.10. The Morgan fingerprint density at radius 2 is 1.48 bits per heavy atom. The van der Waals surface area contributed by atoms with Gasteiger partial charge in [0.15, 0.2) is 6.29 Å². The molecule has 7 N–H and O–H groups in total. The molecule has 0 aromatic heterocycles. The molecule has 0 saturated heterocycles. The fourth-order valence-corrected chi connectivity index (χ4v) is 2.13. The van der Waals surface area contributed by atoms with E-state index in [1.165, 1.54) is 0 Å². The third kappa shape index (κ3) is 9.86. The summed E-state index contributed by atoms with van der Waals surface area (Å²) >= 11 is 0. The van der Waals surface area contributed by atoms with Gasteiger partial charge in [0.2, 0.25) is 0 Å². The summed E-state index contributed by atoms with van der Waals surface area (Å²) in [5, 5.41) is 46.8. The lowest BCUT2D eigenvalue weighted by atomic mass is 9.80. The molecule has 8 nitrogen and oxygen atoms in total. The predicted octanol–water partition coefficient (Wildman–Crippen LogP) is -1.55. The summed E-state index contributed by atoms with van der Waals surface area (Å²) in [5.74, 6) is -0.541. The van der Waals surface area contributed by atoms with Crippen LogP contribution in [-0.4, -0.2) is 88.8 Å². The first kappa shape index (κ1) is 24.7. The van der Waals surface area contributed by atoms with Crippen molar-refractivity contribution >= 4 is 7.85 Å². The van der Waals surface area contributed by atoms with E-state index < -0.39 is 41.6 Å². The maximum Gasteiger partial charge on any atom is 0.180 e. The molecule has 0 aromatic rings. The molecular formula is C16H34BNO7. The Balaban J connectivity index is 4.34. The van der Waals surface area contributed by atoms with E-state index in [0.717, 1.165) is 0 Å². The number of aliphatic hydroxyl groups is 5. The Bertz CT molecular complexity index is 368. The van der Waals surface area contributed by atoms with Gasteiger partial charge in [-0.05, 0) is 40.2 Å². The van der Waals surface area contributed by atoms with Gasteiger partial charge in [-0.15, -0.1) is 0 Å². The van der Waals surface area contributed by atoms with E-state index in [9.17, 15) is 15.3 Å². The lowest BCUT2D eigenvalue weighted by molar-refractivity contribution is -0.186. The summed E-state index contributed by atoms with van der Waals surface area (Å²) in [5.41, 5.74) is 4.11. The molecule has 0 fully saturated rings. The first-order chi connectivity index (χ1) is 11.3. The molecule has 0 rings (SSSR count). The molecule has 0 amide bonds. The van der Waals surface area contributed by atoms with Crippen molar-refractivity contribution in [2.75, 3.05) is 19.8 Å². The van der Waals surface area contributed by atoms with Crippen molar-refractivity contribution in [1.29, 1.82) is 0 Å². The van der Waals surface area contributed by atoms with Crippen LogP contribution >= 0.6 is 0 Å². The molecule has 0 aromatic carbocycles. The molecule has 0 aliphatic rings. The van der Waals surface area contributed by atoms with Crippen molar-refractivity contribution in [2.24, 2.45) is 11.7 Å². The van der Waals surface area contributed by atoms with Gasteiger partial charge in [0.05, 0.1) is 18.3 Å². The molecule has 0 bridgehead atoms. The summed E-state index contributed by atoms with van der Waals surface area (Å²) in [6.45, 7) is 7.99. The molecule has 0 heterocycles. The first-order valence-corrected chi connectivity index (χ1v) is 8.50. The number of ether oxygens (including phenoxy) is 2. The fourth-order valence-electron chi connectivity index (χ4n) is 2.13. The van der Waals surface area contributed by atoms with Crippen molar-refractivity contribution in [1.82, 2.24) is 0 Å². The van der Waals surface area contributed by atoms with Crippen LogP contribution < -0.4 is 5.73 Å². The van der Waals surface area contributed by atoms with E-state index in [-0.39, 0.29) is 6.61 Å². The van der Waals surface area contributed by atoms with Gasteiger partial charge in [0.25, 0.3) is 0 Å². The molecular weight excluding hydrogens is 329 g/mol. The third-order valence-corrected chi connectivity index (χ3v) is 4.10. The number of aliphatic hydroxyl groups excluding tert-OH is 4. The molecule has 0 spiro atoms. The minimum Gasteiger partial charge on any atom is -0.390 e. The van der Waals surface area contributed by atoms with Gasteiger partial charge in [0, 0.05) is 18.0 Å². The van der Waals surface area contributed by atoms with E-state index in [1.54, 1.807) is 13.8 Å². The van der Waals surface area contributed by atoms with Crippen LogP contribution in [0.25, 0.3) is 0 Å². The van der Waals surface area contributed by atoms with Crippen LogP contribution in [-0.2, 0) is 9.47 Å². The van der Waals surface area contributed by atoms with Gasteiger partial charge in [-0.1, -0.05) is 6.92 Å². The van der Waals surface area contributed by atoms with Crippen LogP contribution in [0.15, 0.2) is 0 Å². The van der Waals surface area contributed by atoms with Crippen LogP contribution in [0, 0.1) is 5.92 Å². The molecule has 0 aliphatic carbocycles. The molecule has 5 unspecified atom stereocenters. The lowest BCUT2D eigenvalue weighted by Gasteiger charge is -2.32. The molecule has 5 atom stereocenters. The van der Waals surface area contributed by atoms with Crippen LogP contribution in [0.1, 0.15) is 40.5 Å². The standard InChI is InChI=1S/C16H34BNO7/c1-10(11(19)12(20)13(21)14(22)23)9-25-15(2,3)6-8-24-16(4,17)5-7-18/h10-14,19-23H,5-9,18H2,1-4H3. The first-order valence-electron chi connectivity index (χ1n) is 8.50. The Morgan fingerprint density at radius 3 is 1.96 bits per heavy atom. The van der Waals surface area contributed by atoms with E-state index in [2.05, 4.69) is 0 Å². The smallest absolute Gasteiger partial charge is 0.180 e. The maximum absolute atomic E-state index is 9.98. The highest BCUT2D eigenvalue weighted by molar-refractivity contribution is 6.14. The zero-order valence-electron chi connectivity index (χ0n) is 15.6. The van der Waals surface area contributed by atoms with Gasteiger partial charge >= 0.3 is 0 Å². The van der Waals surface area contributed by atoms with Crippen molar-refractivity contribution in [3.8, 4) is 0 Å². The van der Waals surface area contributed by atoms with Gasteiger partial charge in [0.1, 0.15) is 20.1 Å². The highest BCUT2D eigenvalue weighted by atomic mass is 16.5. The van der Waals surface area contributed by atoms with Crippen LogP contribution in [0.2, 0.25) is 0 Å². The van der Waals surface area contributed by atoms with Crippen molar-refractivity contribution < 1.29 is 35.0 Å². The molecule has 9 heteroatoms. The van der Waals surface area contributed by atoms with Crippen molar-refractivity contribution in [2.45, 2.75) is 76.2 Å². The van der Waals surface area contributed by atoms with Crippen molar-refractivity contribution in [3.63, 3.8) is 0 Å². The Labute approximate surface area is 151 Å². The highest BCUT2D eigenvalue weighted by Crippen LogP contribution is 2.20. The zero-order chi connectivity index (χ0) is 19.8. The zero-order valence-corrected chi connectivity index (χ0v) is 15.6. The quantitative estimate of drug-likeness (QED) is 0.170. The largest absolute Gasteiger partial charge is 0.390 e. The van der Waals surface area contributed by atoms with E-state index in [1.807, 2.05) is 13.8 Å². The van der Waals surface area contributed by atoms with Gasteiger partial charge in [-0.25, -0.2) is 0 Å². The molecule has 0 saturated carbocycles. The second-order valence-electron chi connectivity index (χ2n) is 7.38. The summed E-state index contributed by atoms with van der Waals surface area (Å²) in [7, 11) is 5.94. The van der Waals surface area contributed by atoms with E-state index in [0.29, 0.717) is 26.0 Å². The van der Waals surface area contributed by atoms with Crippen LogP contribution in [0.3, 0.4) is 0 Å². The summed E-state index contributed by atoms with van der Waals surface area (Å²) in [6, 6.07) is 0. The topological polar surface area (TPSA) is 146 Å². The van der Waals surface area contributed by atoms with Gasteiger partial charge in [-0.2, -0.15) is 0 Å². The Kier molecular flexibility index (Phi) is 10.7. The number of hydrogen-bond donors (Lipinski definition) is 6. The van der Waals surface area contributed by atoms with Gasteiger partial charge in [-0.3, -0.25) is 0 Å². The van der Waals surface area contributed by atoms with Crippen LogP contribution in [0.5, 0.6) is 0 Å². The molecule has 2 radical (unpaired) electrons. The van der Waals surface area contributed by atoms with Crippen molar-refractivity contribution in [3.05, 3.63) is 0 Å². The summed E-state index contributed by atoms with van der Waals surface area (Å²) in [6.07, 6.45) is -5.98. The number of nitrogens with two attached hydrogens (primary N) is 1. The average Bonchev–Trinajstić information content (AvgIpc) is 2.49. The second kappa shape index (κ2) is 10.8. The monoisotopic (exact) mass is 363 g/mol. The summed E-state index contributed by atoms with van der Waals surface area (Å²) < 4.78 is 11.4. The summed E-state index contributed by atoms with van der Waals surface area (Å²) in [4.78, 5) is 0. The fraction of sp³-hybridized carbons (Fsp3) is 1.00. The molecule has 0 aliphatic heterocycles. The maximum atomic E-state index is 9.98. The Morgan fingerprint density at radius 1 is 0.920 bits per heavy atom. The van der Waals surface area contributed by atoms with E-state index >= 15 is 0 Å². The second-order valence-corrected chi connectivity index (χ2v) is 7.38. The molecule has 25 heavy (non-hydrogen) atoms. The average molecular weight is 363 g/mol. The SMILES string of the molecule is [B]C(C)(CCN)OCCC(C)(C)OCC(C)C(O)C(O)C(O)C(O)O. The predicted molar refractivity (Wildman–Crippen MR) is 93.8 cm³/mol. The van der Waals surface area contributed by atoms with E-state index in [4.69, 9.17) is 33.3 Å². The number of hydrogen-bond acceptors (Lipinski definition) is 8. The number of rotatable bonds is 13. The lowest BCUT2D eigenvalue weighted by Crippen LogP contribution is -2.48. The minimum atomic E-state index is -2.13. The van der Waals surface area contributed by atoms with Gasteiger partial charge < -0.3 is 40.7 Å². The Hall–Kier alpha value is -0.255. The minimum absolute atomic E-state index is 0.0994. The van der Waals surface area contributed by atoms with Crippen LogP contribution in [0.4, 0.5) is 0 Å².